The van der Waals surface area contributed by atoms with Gasteiger partial charge in [-0.05, 0) is 96.0 Å². The molecular weight excluding hydrogens is 935 g/mol. The molecule has 2 aliphatic rings. The normalized spacial score (nSPS) is 14.6. The number of nitrogen functional groups attached to an aromatic ring is 2. The molecule has 24 heteroatoms. The average molecular weight is 999 g/mol. The van der Waals surface area contributed by atoms with Crippen LogP contribution in [0.2, 0.25) is 0 Å². The predicted octanol–water partition coefficient (Wildman–Crippen LogP) is 7.28. The number of carboxylic acid groups (broad SMARTS) is 1. The molecule has 2 aliphatic heterocycles. The Morgan fingerprint density at radius 1 is 0.586 bits per heavy atom. The maximum absolute atomic E-state index is 12.8. The summed E-state index contributed by atoms with van der Waals surface area (Å²) >= 11 is 0. The maximum atomic E-state index is 12.8. The van der Waals surface area contributed by atoms with Gasteiger partial charge in [-0.2, -0.15) is 45.9 Å². The lowest BCUT2D eigenvalue weighted by atomic mass is 10.1. The molecule has 0 aliphatic carbocycles. The van der Waals surface area contributed by atoms with Crippen molar-refractivity contribution in [3.8, 4) is 0 Å². The van der Waals surface area contributed by atoms with Gasteiger partial charge in [0.05, 0.1) is 11.1 Å². The maximum Gasteiger partial charge on any atom is 0.416 e. The number of benzene rings is 2. The third-order valence-electron chi connectivity index (χ3n) is 10.2. The van der Waals surface area contributed by atoms with Crippen LogP contribution in [0.3, 0.4) is 0 Å². The van der Waals surface area contributed by atoms with Gasteiger partial charge in [0.2, 0.25) is 0 Å². The van der Waals surface area contributed by atoms with Gasteiger partial charge >= 0.3 is 36.4 Å². The van der Waals surface area contributed by atoms with Crippen molar-refractivity contribution in [2.24, 2.45) is 0 Å². The number of nitrogens with two attached hydrogens (primary N) is 2. The smallest absolute Gasteiger partial charge is 0.416 e. The number of piperazine rings is 2. The van der Waals surface area contributed by atoms with Crippen molar-refractivity contribution in [1.29, 1.82) is 0 Å². The largest absolute Gasteiger partial charge is 0.476 e. The number of carboxylic acids is 1. The number of amides is 2. The predicted molar refractivity (Wildman–Crippen MR) is 248 cm³/mol. The quantitative estimate of drug-likeness (QED) is 0.0809. The minimum atomic E-state index is -4.44. The Labute approximate surface area is 403 Å². The molecule has 0 atom stereocenters. The molecule has 2 aromatic heterocycles. The first-order valence-corrected chi connectivity index (χ1v) is 22.5. The van der Waals surface area contributed by atoms with E-state index in [1.807, 2.05) is 37.5 Å². The van der Waals surface area contributed by atoms with Crippen LogP contribution in [0.5, 0.6) is 0 Å². The van der Waals surface area contributed by atoms with Gasteiger partial charge in [0, 0.05) is 116 Å². The standard InChI is InChI=1S/C21H26F3N5O3.C17H18F3N5O3.2C4H10O/c1-20(2,3)32-18(30)17-6-7-29(26-17)19(31)28-10-8-27(9-11-28)13-14-4-5-15(12-16(14)25)21(22,23)24;18-17(19,20)12-2-1-11(13(21)9-12)10-23-5-7-24(8-6-23)16(28)25-4-3-14(22-25)15(26)27;2*1-3-5-4-2/h4-7,12H,8-11,13,25H2,1-3H3;1-4,9H,5-8,10,21H2,(H,26,27);2*3-4H2,1-2H3. The number of anilines is 2. The van der Waals surface area contributed by atoms with Crippen molar-refractivity contribution in [3.63, 3.8) is 0 Å². The van der Waals surface area contributed by atoms with Gasteiger partial charge < -0.3 is 40.6 Å². The molecule has 2 aromatic carbocycles. The average Bonchev–Trinajstić information content (AvgIpc) is 4.00. The Kier molecular flexibility index (Phi) is 22.1. The van der Waals surface area contributed by atoms with E-state index in [1.165, 1.54) is 41.6 Å². The van der Waals surface area contributed by atoms with E-state index in [0.717, 1.165) is 60.1 Å². The molecule has 2 amide bonds. The number of aromatic carboxylic acids is 1. The molecule has 6 rings (SSSR count). The van der Waals surface area contributed by atoms with Gasteiger partial charge in [0.1, 0.15) is 5.60 Å². The zero-order valence-electron chi connectivity index (χ0n) is 40.5. The Hall–Kier alpha value is -6.24. The van der Waals surface area contributed by atoms with Crippen LogP contribution in [-0.2, 0) is 39.7 Å². The third kappa shape index (κ3) is 18.6. The van der Waals surface area contributed by atoms with Crippen molar-refractivity contribution in [2.75, 3.05) is 90.3 Å². The number of nitrogens with zero attached hydrogens (tertiary/aromatic N) is 8. The molecule has 0 bridgehead atoms. The Bertz CT molecular complexity index is 2290. The highest BCUT2D eigenvalue weighted by Gasteiger charge is 2.33. The van der Waals surface area contributed by atoms with Gasteiger partial charge in [-0.25, -0.2) is 19.2 Å². The molecule has 70 heavy (non-hydrogen) atoms. The zero-order valence-corrected chi connectivity index (χ0v) is 40.5. The molecule has 5 N–H and O–H groups in total. The first-order chi connectivity index (χ1) is 32.8. The van der Waals surface area contributed by atoms with Crippen LogP contribution >= 0.6 is 0 Å². The van der Waals surface area contributed by atoms with E-state index in [2.05, 4.69) is 10.2 Å². The Morgan fingerprint density at radius 2 is 0.943 bits per heavy atom. The van der Waals surface area contributed by atoms with Gasteiger partial charge in [0.15, 0.2) is 11.4 Å². The second-order valence-corrected chi connectivity index (χ2v) is 16.6. The van der Waals surface area contributed by atoms with Crippen LogP contribution in [0, 0.1) is 0 Å². The Balaban J connectivity index is 0.000000312. The molecule has 4 heterocycles. The lowest BCUT2D eigenvalue weighted by Gasteiger charge is -2.34. The summed E-state index contributed by atoms with van der Waals surface area (Å²) in [6.45, 7) is 20.9. The fourth-order valence-corrected chi connectivity index (χ4v) is 6.62. The number of rotatable bonds is 10. The number of hydrogen-bond donors (Lipinski definition) is 3. The van der Waals surface area contributed by atoms with Gasteiger partial charge in [-0.3, -0.25) is 9.80 Å². The molecule has 0 unspecified atom stereocenters. The highest BCUT2D eigenvalue weighted by molar-refractivity contribution is 5.88. The van der Waals surface area contributed by atoms with Crippen LogP contribution < -0.4 is 11.5 Å². The minimum Gasteiger partial charge on any atom is -0.476 e. The first-order valence-electron chi connectivity index (χ1n) is 22.5. The fourth-order valence-electron chi connectivity index (χ4n) is 6.62. The lowest BCUT2D eigenvalue weighted by molar-refractivity contribution is -0.138. The summed E-state index contributed by atoms with van der Waals surface area (Å²) in [6.07, 6.45) is -6.17. The minimum absolute atomic E-state index is 0.0460. The topological polar surface area (TPSA) is 217 Å². The van der Waals surface area contributed by atoms with E-state index in [1.54, 1.807) is 25.7 Å². The van der Waals surface area contributed by atoms with Gasteiger partial charge in [-0.1, -0.05) is 12.1 Å². The van der Waals surface area contributed by atoms with Gasteiger partial charge in [-0.15, -0.1) is 0 Å². The van der Waals surface area contributed by atoms with Crippen molar-refractivity contribution in [1.82, 2.24) is 39.2 Å². The second-order valence-electron chi connectivity index (χ2n) is 16.6. The SMILES string of the molecule is CC(C)(C)OC(=O)c1ccn(C(=O)N2CCN(Cc3ccc(C(F)(F)F)cc3N)CC2)n1.CCOCC.CCOCC.Nc1cc(C(F)(F)F)ccc1CN1CCN(C(=O)n2ccc(C(=O)O)n2)CC1. The van der Waals surface area contributed by atoms with E-state index in [4.69, 9.17) is 30.8 Å². The van der Waals surface area contributed by atoms with E-state index >= 15 is 0 Å². The number of ether oxygens (including phenoxy) is 3. The number of halogens is 6. The number of esters is 1. The molecule has 0 saturated carbocycles. The van der Waals surface area contributed by atoms with E-state index in [9.17, 15) is 45.5 Å². The number of carbonyl (C=O) groups excluding carboxylic acids is 3. The third-order valence-corrected chi connectivity index (χ3v) is 10.2. The molecule has 4 aromatic rings. The van der Waals surface area contributed by atoms with E-state index < -0.39 is 47.1 Å². The molecular formula is C46H64F6N10O8. The van der Waals surface area contributed by atoms with Crippen LogP contribution in [-0.4, -0.2) is 153 Å². The number of carbonyl (C=O) groups is 4. The summed E-state index contributed by atoms with van der Waals surface area (Å²) in [4.78, 5) is 55.1. The van der Waals surface area contributed by atoms with Crippen LogP contribution in [0.25, 0.3) is 0 Å². The molecule has 2 fully saturated rings. The van der Waals surface area contributed by atoms with Crippen LogP contribution in [0.4, 0.5) is 47.3 Å². The lowest BCUT2D eigenvalue weighted by Crippen LogP contribution is -2.49. The summed E-state index contributed by atoms with van der Waals surface area (Å²) in [6, 6.07) is 8.51. The van der Waals surface area contributed by atoms with Crippen LogP contribution in [0.1, 0.15) is 91.7 Å². The monoisotopic (exact) mass is 998 g/mol. The number of alkyl halides is 6. The fraction of sp³-hybridized carbons (Fsp3) is 0.522. The van der Waals surface area contributed by atoms with Gasteiger partial charge in [0.25, 0.3) is 0 Å². The second kappa shape index (κ2) is 26.7. The number of aromatic nitrogens is 4. The number of hydrogen-bond acceptors (Lipinski definition) is 13. The highest BCUT2D eigenvalue weighted by Crippen LogP contribution is 2.33. The summed E-state index contributed by atoms with van der Waals surface area (Å²) in [5.74, 6) is -1.83. The zero-order chi connectivity index (χ0) is 52.4. The van der Waals surface area contributed by atoms with Crippen LogP contribution in [0.15, 0.2) is 60.9 Å². The molecule has 18 nitrogen and oxygen atoms in total. The summed E-state index contributed by atoms with van der Waals surface area (Å²) in [7, 11) is 0. The summed E-state index contributed by atoms with van der Waals surface area (Å²) in [5.41, 5.74) is 10.5. The van der Waals surface area contributed by atoms with E-state index in [-0.39, 0.29) is 28.8 Å². The Morgan fingerprint density at radius 3 is 1.23 bits per heavy atom. The molecule has 388 valence electrons. The van der Waals surface area contributed by atoms with Crippen molar-refractivity contribution >= 4 is 35.4 Å². The molecule has 0 radical (unpaired) electrons. The summed E-state index contributed by atoms with van der Waals surface area (Å²) in [5, 5.41) is 16.6. The van der Waals surface area contributed by atoms with Crippen molar-refractivity contribution < 1.29 is 64.8 Å². The van der Waals surface area contributed by atoms with E-state index in [0.29, 0.717) is 76.6 Å². The molecule has 0 spiro atoms. The summed E-state index contributed by atoms with van der Waals surface area (Å²) < 4.78 is 93.6. The first kappa shape index (κ1) is 58.1. The van der Waals surface area contributed by atoms with Crippen molar-refractivity contribution in [2.45, 2.75) is 79.5 Å². The molecule has 2 saturated heterocycles. The van der Waals surface area contributed by atoms with Crippen molar-refractivity contribution in [3.05, 3.63) is 94.6 Å². The highest BCUT2D eigenvalue weighted by atomic mass is 19.4.